The maximum Gasteiger partial charge on any atom is 0.412 e. The molecule has 0 radical (unpaired) electrons. The Morgan fingerprint density at radius 3 is 2.16 bits per heavy atom. The fraction of sp³-hybridized carbons (Fsp3) is 0.591. The van der Waals surface area contributed by atoms with E-state index in [2.05, 4.69) is 16.7 Å². The molecule has 0 saturated carbocycles. The zero-order chi connectivity index (χ0) is 23.4. The van der Waals surface area contributed by atoms with Crippen molar-refractivity contribution in [3.63, 3.8) is 0 Å². The van der Waals surface area contributed by atoms with Gasteiger partial charge in [-0.25, -0.2) is 9.59 Å². The number of nitriles is 1. The number of hydrogen-bond donors (Lipinski definition) is 2. The minimum absolute atomic E-state index is 0.0755. The monoisotopic (exact) mass is 450 g/mol. The summed E-state index contributed by atoms with van der Waals surface area (Å²) in [6.45, 7) is 11.9. The van der Waals surface area contributed by atoms with Crippen LogP contribution in [0.3, 0.4) is 0 Å². The van der Waals surface area contributed by atoms with Crippen LogP contribution in [-0.4, -0.2) is 47.4 Å². The van der Waals surface area contributed by atoms with Crippen LogP contribution in [0.2, 0.25) is 5.02 Å². The number of piperidine rings is 1. The number of benzene rings is 1. The fourth-order valence-electron chi connectivity index (χ4n) is 3.05. The Bertz CT molecular complexity index is 860. The van der Waals surface area contributed by atoms with Crippen LogP contribution < -0.4 is 10.6 Å². The Balaban J connectivity index is 2.02. The third-order valence-electron chi connectivity index (χ3n) is 4.37. The first-order valence-corrected chi connectivity index (χ1v) is 10.6. The van der Waals surface area contributed by atoms with Gasteiger partial charge >= 0.3 is 12.2 Å². The highest BCUT2D eigenvalue weighted by Gasteiger charge is 2.27. The summed E-state index contributed by atoms with van der Waals surface area (Å²) < 4.78 is 10.7. The van der Waals surface area contributed by atoms with Crippen LogP contribution in [0.4, 0.5) is 21.0 Å². The Morgan fingerprint density at radius 1 is 1.06 bits per heavy atom. The van der Waals surface area contributed by atoms with E-state index >= 15 is 0 Å². The molecule has 1 saturated heterocycles. The number of nitrogens with one attached hydrogen (secondary N) is 2. The maximum absolute atomic E-state index is 12.2. The van der Waals surface area contributed by atoms with E-state index in [0.29, 0.717) is 47.9 Å². The van der Waals surface area contributed by atoms with Crippen LogP contribution in [0.15, 0.2) is 12.1 Å². The van der Waals surface area contributed by atoms with Crippen LogP contribution in [0, 0.1) is 11.3 Å². The van der Waals surface area contributed by atoms with E-state index in [9.17, 15) is 14.9 Å². The molecule has 0 spiro atoms. The summed E-state index contributed by atoms with van der Waals surface area (Å²) in [5.41, 5.74) is 0.0602. The van der Waals surface area contributed by atoms with Gasteiger partial charge in [0.15, 0.2) is 0 Å². The van der Waals surface area contributed by atoms with Gasteiger partial charge in [0, 0.05) is 19.1 Å². The van der Waals surface area contributed by atoms with Crippen molar-refractivity contribution in [2.24, 2.45) is 0 Å². The first-order valence-electron chi connectivity index (χ1n) is 10.3. The molecule has 170 valence electrons. The predicted molar refractivity (Wildman–Crippen MR) is 120 cm³/mol. The topological polar surface area (TPSA) is 104 Å². The van der Waals surface area contributed by atoms with Crippen molar-refractivity contribution in [1.82, 2.24) is 4.90 Å². The van der Waals surface area contributed by atoms with E-state index in [1.807, 2.05) is 20.8 Å². The van der Waals surface area contributed by atoms with E-state index in [0.717, 1.165) is 0 Å². The van der Waals surface area contributed by atoms with Gasteiger partial charge in [-0.1, -0.05) is 11.6 Å². The van der Waals surface area contributed by atoms with Gasteiger partial charge in [0.2, 0.25) is 0 Å². The van der Waals surface area contributed by atoms with Crippen LogP contribution in [-0.2, 0) is 9.47 Å². The van der Waals surface area contributed by atoms with Crippen molar-refractivity contribution in [2.45, 2.75) is 71.6 Å². The summed E-state index contributed by atoms with van der Waals surface area (Å²) in [7, 11) is 0. The summed E-state index contributed by atoms with van der Waals surface area (Å²) in [6.07, 6.45) is 0.456. The molecule has 0 atom stereocenters. The third-order valence-corrected chi connectivity index (χ3v) is 4.68. The number of carbonyl (C=O) groups is 2. The largest absolute Gasteiger partial charge is 0.444 e. The van der Waals surface area contributed by atoms with E-state index in [-0.39, 0.29) is 12.1 Å². The van der Waals surface area contributed by atoms with Gasteiger partial charge in [0.05, 0.1) is 22.0 Å². The predicted octanol–water partition coefficient (Wildman–Crippen LogP) is 5.37. The molecule has 0 aromatic heterocycles. The highest BCUT2D eigenvalue weighted by Crippen LogP contribution is 2.31. The van der Waals surface area contributed by atoms with Gasteiger partial charge in [-0.2, -0.15) is 5.26 Å². The van der Waals surface area contributed by atoms with E-state index in [1.165, 1.54) is 6.07 Å². The van der Waals surface area contributed by atoms with Crippen molar-refractivity contribution < 1.29 is 19.1 Å². The number of carbonyl (C=O) groups excluding carboxylic acids is 2. The summed E-state index contributed by atoms with van der Waals surface area (Å²) in [5.74, 6) is 0. The lowest BCUT2D eigenvalue weighted by molar-refractivity contribution is 0.0210. The molecule has 1 aliphatic heterocycles. The number of anilines is 2. The number of amides is 2. The summed E-state index contributed by atoms with van der Waals surface area (Å²) in [6, 6.07) is 5.34. The highest BCUT2D eigenvalue weighted by atomic mass is 35.5. The molecule has 1 fully saturated rings. The Kier molecular flexibility index (Phi) is 7.66. The number of likely N-dealkylation sites (tertiary alicyclic amines) is 1. The quantitative estimate of drug-likeness (QED) is 0.641. The molecule has 1 aliphatic rings. The molecule has 1 aromatic rings. The maximum atomic E-state index is 12.2. The molecule has 2 N–H and O–H groups in total. The van der Waals surface area contributed by atoms with Gasteiger partial charge in [0.1, 0.15) is 17.3 Å². The van der Waals surface area contributed by atoms with E-state index < -0.39 is 17.3 Å². The van der Waals surface area contributed by atoms with E-state index in [4.69, 9.17) is 21.1 Å². The summed E-state index contributed by atoms with van der Waals surface area (Å²) in [5, 5.41) is 15.8. The minimum Gasteiger partial charge on any atom is -0.444 e. The van der Waals surface area contributed by atoms with Crippen molar-refractivity contribution in [2.75, 3.05) is 23.7 Å². The second kappa shape index (κ2) is 9.65. The molecule has 8 nitrogen and oxygen atoms in total. The molecule has 0 unspecified atom stereocenters. The summed E-state index contributed by atoms with van der Waals surface area (Å²) in [4.78, 5) is 25.9. The van der Waals surface area contributed by atoms with Crippen molar-refractivity contribution in [1.29, 1.82) is 5.26 Å². The van der Waals surface area contributed by atoms with Crippen LogP contribution in [0.25, 0.3) is 0 Å². The van der Waals surface area contributed by atoms with Crippen molar-refractivity contribution in [3.8, 4) is 6.07 Å². The van der Waals surface area contributed by atoms with Crippen molar-refractivity contribution in [3.05, 3.63) is 22.7 Å². The smallest absolute Gasteiger partial charge is 0.412 e. The van der Waals surface area contributed by atoms with Crippen LogP contribution in [0.1, 0.15) is 59.9 Å². The Labute approximate surface area is 188 Å². The molecule has 2 amide bonds. The van der Waals surface area contributed by atoms with Gasteiger partial charge in [0.25, 0.3) is 0 Å². The molecular weight excluding hydrogens is 420 g/mol. The highest BCUT2D eigenvalue weighted by molar-refractivity contribution is 6.34. The van der Waals surface area contributed by atoms with Crippen molar-refractivity contribution >= 4 is 35.2 Å². The normalized spacial score (nSPS) is 15.1. The standard InChI is InChI=1S/C22H31ClN4O4/c1-21(2,3)30-19(28)26-18-11-14(13-24)17(12-16(18)23)25-15-7-9-27(10-8-15)20(29)31-22(4,5)6/h11-12,15,25H,7-10H2,1-6H3,(H,26,28). The zero-order valence-electron chi connectivity index (χ0n) is 19.0. The lowest BCUT2D eigenvalue weighted by atomic mass is 10.0. The number of ether oxygens (including phenoxy) is 2. The number of nitrogens with zero attached hydrogens (tertiary/aromatic N) is 2. The second-order valence-corrected chi connectivity index (χ2v) is 9.91. The average Bonchev–Trinajstić information content (AvgIpc) is 2.61. The molecule has 2 rings (SSSR count). The van der Waals surface area contributed by atoms with Gasteiger partial charge < -0.3 is 19.7 Å². The lowest BCUT2D eigenvalue weighted by Crippen LogP contribution is -2.44. The molecule has 0 aliphatic carbocycles. The zero-order valence-corrected chi connectivity index (χ0v) is 19.7. The SMILES string of the molecule is CC(C)(C)OC(=O)Nc1cc(C#N)c(NC2CCN(C(=O)OC(C)(C)C)CC2)cc1Cl. The molecular formula is C22H31ClN4O4. The van der Waals surface area contributed by atoms with Crippen LogP contribution >= 0.6 is 11.6 Å². The Hall–Kier alpha value is -2.66. The first-order chi connectivity index (χ1) is 14.3. The first kappa shape index (κ1) is 24.6. The van der Waals surface area contributed by atoms with Gasteiger partial charge in [-0.05, 0) is 66.5 Å². The number of rotatable bonds is 3. The van der Waals surface area contributed by atoms with E-state index in [1.54, 1.807) is 31.7 Å². The minimum atomic E-state index is -0.649. The lowest BCUT2D eigenvalue weighted by Gasteiger charge is -2.34. The van der Waals surface area contributed by atoms with Gasteiger partial charge in [-0.3, -0.25) is 5.32 Å². The molecule has 1 heterocycles. The summed E-state index contributed by atoms with van der Waals surface area (Å²) >= 11 is 6.33. The third kappa shape index (κ3) is 7.83. The fourth-order valence-corrected chi connectivity index (χ4v) is 3.26. The average molecular weight is 451 g/mol. The molecule has 9 heteroatoms. The molecule has 31 heavy (non-hydrogen) atoms. The second-order valence-electron chi connectivity index (χ2n) is 9.50. The molecule has 0 bridgehead atoms. The number of halogens is 1. The van der Waals surface area contributed by atoms with Gasteiger partial charge in [-0.15, -0.1) is 0 Å². The van der Waals surface area contributed by atoms with Crippen LogP contribution in [0.5, 0.6) is 0 Å². The Morgan fingerprint density at radius 2 is 1.65 bits per heavy atom. The number of hydrogen-bond acceptors (Lipinski definition) is 6. The molecule has 1 aromatic carbocycles.